The van der Waals surface area contributed by atoms with E-state index in [1.54, 1.807) is 0 Å². The minimum Gasteiger partial charge on any atom is -0.487 e. The molecule has 118 valence electrons. The van der Waals surface area contributed by atoms with Crippen LogP contribution in [0.5, 0.6) is 5.75 Å². The molecule has 0 saturated heterocycles. The van der Waals surface area contributed by atoms with Crippen LogP contribution in [0.3, 0.4) is 0 Å². The normalized spacial score (nSPS) is 12.9. The van der Waals surface area contributed by atoms with Crippen LogP contribution in [0.1, 0.15) is 11.7 Å². The maximum Gasteiger partial charge on any atom is 0.175 e. The molecule has 1 unspecified atom stereocenters. The zero-order valence-electron chi connectivity index (χ0n) is 11.7. The molecule has 0 aromatic heterocycles. The van der Waals surface area contributed by atoms with Gasteiger partial charge >= 0.3 is 0 Å². The summed E-state index contributed by atoms with van der Waals surface area (Å²) in [5.41, 5.74) is 0.426. The van der Waals surface area contributed by atoms with Crippen molar-refractivity contribution in [1.82, 2.24) is 0 Å². The molecular weight excluding hydrogens is 314 g/mol. The summed E-state index contributed by atoms with van der Waals surface area (Å²) in [6, 6.07) is 8.49. The van der Waals surface area contributed by atoms with Crippen LogP contribution in [0, 0.1) is 11.6 Å². The van der Waals surface area contributed by atoms with Crippen molar-refractivity contribution in [2.45, 2.75) is 11.0 Å². The second-order valence-electron chi connectivity index (χ2n) is 4.74. The second kappa shape index (κ2) is 6.41. The molecular formula is C15H14F2O4S. The smallest absolute Gasteiger partial charge is 0.175 e. The molecule has 7 heteroatoms. The summed E-state index contributed by atoms with van der Waals surface area (Å²) in [6.07, 6.45) is 0.0110. The third-order valence-corrected chi connectivity index (χ3v) is 4.11. The van der Waals surface area contributed by atoms with Crippen molar-refractivity contribution in [3.05, 3.63) is 59.7 Å². The summed E-state index contributed by atoms with van der Waals surface area (Å²) in [5, 5.41) is 9.95. The van der Waals surface area contributed by atoms with E-state index in [9.17, 15) is 22.3 Å². The molecule has 0 fully saturated rings. The largest absolute Gasteiger partial charge is 0.487 e. The predicted octanol–water partition coefficient (Wildman–Crippen LogP) is 2.48. The van der Waals surface area contributed by atoms with E-state index in [0.29, 0.717) is 11.6 Å². The Morgan fingerprint density at radius 1 is 1.14 bits per heavy atom. The van der Waals surface area contributed by atoms with Gasteiger partial charge in [0.05, 0.1) is 4.90 Å². The highest BCUT2D eigenvalue weighted by atomic mass is 32.2. The van der Waals surface area contributed by atoms with Gasteiger partial charge in [-0.15, -0.1) is 0 Å². The summed E-state index contributed by atoms with van der Waals surface area (Å²) in [4.78, 5) is 0.133. The highest BCUT2D eigenvalue weighted by Crippen LogP contribution is 2.21. The van der Waals surface area contributed by atoms with Crippen molar-refractivity contribution < 1.29 is 27.0 Å². The summed E-state index contributed by atoms with van der Waals surface area (Å²) in [6.45, 7) is -0.249. The highest BCUT2D eigenvalue weighted by Gasteiger charge is 2.13. The molecule has 22 heavy (non-hydrogen) atoms. The Morgan fingerprint density at radius 2 is 1.77 bits per heavy atom. The van der Waals surface area contributed by atoms with Crippen LogP contribution < -0.4 is 4.74 Å². The molecule has 2 aromatic carbocycles. The van der Waals surface area contributed by atoms with E-state index in [-0.39, 0.29) is 17.3 Å². The fourth-order valence-electron chi connectivity index (χ4n) is 1.79. The van der Waals surface area contributed by atoms with Crippen LogP contribution in [0.15, 0.2) is 47.4 Å². The molecule has 0 radical (unpaired) electrons. The van der Waals surface area contributed by atoms with Gasteiger partial charge in [-0.25, -0.2) is 17.2 Å². The van der Waals surface area contributed by atoms with Crippen molar-refractivity contribution in [3.63, 3.8) is 0 Å². The van der Waals surface area contributed by atoms with Gasteiger partial charge in [0.15, 0.2) is 21.4 Å². The average molecular weight is 328 g/mol. The predicted molar refractivity (Wildman–Crippen MR) is 76.4 cm³/mol. The van der Waals surface area contributed by atoms with Crippen LogP contribution in [0.2, 0.25) is 0 Å². The lowest BCUT2D eigenvalue weighted by atomic mass is 10.1. The first-order valence-electron chi connectivity index (χ1n) is 6.33. The lowest BCUT2D eigenvalue weighted by molar-refractivity contribution is 0.105. The first-order valence-corrected chi connectivity index (χ1v) is 8.22. The third kappa shape index (κ3) is 4.02. The molecule has 0 bridgehead atoms. The molecule has 1 N–H and O–H groups in total. The van der Waals surface area contributed by atoms with Crippen LogP contribution in [0.25, 0.3) is 0 Å². The monoisotopic (exact) mass is 328 g/mol. The second-order valence-corrected chi connectivity index (χ2v) is 6.76. The molecule has 0 aliphatic heterocycles. The standard InChI is InChI=1S/C15H14F2O4S/c1-22(19,20)12-5-2-10(3-6-12)14(18)9-21-15-7-4-11(16)8-13(15)17/h2-8,14,18H,9H2,1H3. The van der Waals surface area contributed by atoms with Gasteiger partial charge < -0.3 is 9.84 Å². The number of halogens is 2. The molecule has 4 nitrogen and oxygen atoms in total. The van der Waals surface area contributed by atoms with Gasteiger partial charge in [-0.3, -0.25) is 0 Å². The fraction of sp³-hybridized carbons (Fsp3) is 0.200. The van der Waals surface area contributed by atoms with Gasteiger partial charge in [-0.2, -0.15) is 0 Å². The third-order valence-electron chi connectivity index (χ3n) is 2.98. The number of hydrogen-bond acceptors (Lipinski definition) is 4. The number of aliphatic hydroxyl groups is 1. The highest BCUT2D eigenvalue weighted by molar-refractivity contribution is 7.90. The molecule has 2 rings (SSSR count). The Bertz CT molecular complexity index is 758. The van der Waals surface area contributed by atoms with Crippen LogP contribution in [-0.4, -0.2) is 26.4 Å². The summed E-state index contributed by atoms with van der Waals surface area (Å²) >= 11 is 0. The quantitative estimate of drug-likeness (QED) is 0.916. The van der Waals surface area contributed by atoms with E-state index in [1.807, 2.05) is 0 Å². The molecule has 0 heterocycles. The lowest BCUT2D eigenvalue weighted by Gasteiger charge is -2.13. The maximum atomic E-state index is 13.4. The van der Waals surface area contributed by atoms with Crippen molar-refractivity contribution in [3.8, 4) is 5.75 Å². The van der Waals surface area contributed by atoms with Gasteiger partial charge in [0, 0.05) is 12.3 Å². The van der Waals surface area contributed by atoms with Gasteiger partial charge in [0.1, 0.15) is 18.5 Å². The Balaban J connectivity index is 2.04. The van der Waals surface area contributed by atoms with E-state index in [0.717, 1.165) is 18.4 Å². The minimum atomic E-state index is -3.31. The maximum absolute atomic E-state index is 13.4. The molecule has 1 atom stereocenters. The lowest BCUT2D eigenvalue weighted by Crippen LogP contribution is -2.10. The van der Waals surface area contributed by atoms with Crippen molar-refractivity contribution in [2.24, 2.45) is 0 Å². The zero-order chi connectivity index (χ0) is 16.3. The Labute approximate surface area is 126 Å². The van der Waals surface area contributed by atoms with Crippen molar-refractivity contribution in [1.29, 1.82) is 0 Å². The Morgan fingerprint density at radius 3 is 2.32 bits per heavy atom. The minimum absolute atomic E-state index is 0.133. The van der Waals surface area contributed by atoms with E-state index < -0.39 is 27.6 Å². The van der Waals surface area contributed by atoms with E-state index in [1.165, 1.54) is 24.3 Å². The number of sulfone groups is 1. The fourth-order valence-corrected chi connectivity index (χ4v) is 2.42. The van der Waals surface area contributed by atoms with Crippen molar-refractivity contribution >= 4 is 9.84 Å². The van der Waals surface area contributed by atoms with E-state index in [2.05, 4.69) is 0 Å². The summed E-state index contributed by atoms with van der Waals surface area (Å²) in [5.74, 6) is -1.76. The van der Waals surface area contributed by atoms with Gasteiger partial charge in [-0.1, -0.05) is 12.1 Å². The number of rotatable bonds is 5. The van der Waals surface area contributed by atoms with Crippen LogP contribution >= 0.6 is 0 Å². The van der Waals surface area contributed by atoms with Gasteiger partial charge in [0.2, 0.25) is 0 Å². The topological polar surface area (TPSA) is 63.6 Å². The number of hydrogen-bond donors (Lipinski definition) is 1. The number of benzene rings is 2. The number of ether oxygens (including phenoxy) is 1. The summed E-state index contributed by atoms with van der Waals surface area (Å²) in [7, 11) is -3.31. The molecule has 0 aliphatic carbocycles. The SMILES string of the molecule is CS(=O)(=O)c1ccc(C(O)COc2ccc(F)cc2F)cc1. The molecule has 0 saturated carbocycles. The first kappa shape index (κ1) is 16.4. The first-order chi connectivity index (χ1) is 10.3. The summed E-state index contributed by atoms with van der Waals surface area (Å²) < 4.78 is 53.9. The Kier molecular flexibility index (Phi) is 4.77. The Hall–Kier alpha value is -1.99. The van der Waals surface area contributed by atoms with Crippen molar-refractivity contribution in [2.75, 3.05) is 12.9 Å². The van der Waals surface area contributed by atoms with Gasteiger partial charge in [-0.05, 0) is 29.8 Å². The number of aliphatic hydroxyl groups excluding tert-OH is 1. The molecule has 0 spiro atoms. The van der Waals surface area contributed by atoms with Gasteiger partial charge in [0.25, 0.3) is 0 Å². The van der Waals surface area contributed by atoms with Crippen LogP contribution in [0.4, 0.5) is 8.78 Å². The van der Waals surface area contributed by atoms with Crippen LogP contribution in [-0.2, 0) is 9.84 Å². The van der Waals surface area contributed by atoms with E-state index >= 15 is 0 Å². The van der Waals surface area contributed by atoms with E-state index in [4.69, 9.17) is 4.74 Å². The zero-order valence-corrected chi connectivity index (χ0v) is 12.5. The molecule has 0 aliphatic rings. The molecule has 0 amide bonds. The average Bonchev–Trinajstić information content (AvgIpc) is 2.45. The molecule has 2 aromatic rings.